The molecule has 0 spiro atoms. The first-order chi connectivity index (χ1) is 12.5. The molecule has 0 atom stereocenters. The number of carboxylic acid groups (broad SMARTS) is 1. The number of carbonyl (C=O) groups is 1. The van der Waals surface area contributed by atoms with Gasteiger partial charge in [-0.15, -0.1) is 0 Å². The number of hydrogen-bond donors (Lipinski definition) is 3. The van der Waals surface area contributed by atoms with Crippen LogP contribution in [0.15, 0.2) is 53.4 Å². The van der Waals surface area contributed by atoms with Crippen molar-refractivity contribution in [2.75, 3.05) is 13.1 Å². The highest BCUT2D eigenvalue weighted by Gasteiger charge is 2.26. The monoisotopic (exact) mass is 392 g/mol. The normalized spacial score (nSPS) is 12.0. The second-order valence-electron chi connectivity index (χ2n) is 7.07. The number of aromatic hydroxyl groups is 1. The number of hydrogen-bond acceptors (Lipinski definition) is 4. The second-order valence-corrected chi connectivity index (χ2v) is 8.84. The van der Waals surface area contributed by atoms with E-state index in [0.717, 1.165) is 11.1 Å². The zero-order chi connectivity index (χ0) is 20.2. The van der Waals surface area contributed by atoms with Gasteiger partial charge in [-0.3, -0.25) is 0 Å². The number of phenols is 1. The third kappa shape index (κ3) is 5.45. The molecule has 0 aliphatic carbocycles. The van der Waals surface area contributed by atoms with Crippen molar-refractivity contribution >= 4 is 16.1 Å². The summed E-state index contributed by atoms with van der Waals surface area (Å²) in [6.45, 7) is 5.27. The Bertz CT molecular complexity index is 885. The molecule has 146 valence electrons. The highest BCUT2D eigenvalue weighted by atomic mass is 32.2. The van der Waals surface area contributed by atoms with Crippen LogP contribution in [0.2, 0.25) is 0 Å². The predicted molar refractivity (Wildman–Crippen MR) is 103 cm³/mol. The molecule has 0 saturated heterocycles. The van der Waals surface area contributed by atoms with Crippen molar-refractivity contribution in [1.82, 2.24) is 9.62 Å². The maximum Gasteiger partial charge on any atom is 0.407 e. The van der Waals surface area contributed by atoms with E-state index >= 15 is 0 Å². The molecule has 1 amide bonds. The molecule has 0 aliphatic heterocycles. The van der Waals surface area contributed by atoms with Gasteiger partial charge in [0.2, 0.25) is 10.0 Å². The SMILES string of the molecule is CC(C)(C)N(CCNS(=O)(=O)c1ccc(-c2ccc(O)cc2)cc1)C(=O)O. The zero-order valence-corrected chi connectivity index (χ0v) is 16.3. The van der Waals surface area contributed by atoms with E-state index in [4.69, 9.17) is 0 Å². The van der Waals surface area contributed by atoms with E-state index in [2.05, 4.69) is 4.72 Å². The summed E-state index contributed by atoms with van der Waals surface area (Å²) < 4.78 is 27.3. The number of nitrogens with zero attached hydrogens (tertiary/aromatic N) is 1. The zero-order valence-electron chi connectivity index (χ0n) is 15.5. The first kappa shape index (κ1) is 20.7. The van der Waals surface area contributed by atoms with Crippen LogP contribution in [0, 0.1) is 0 Å². The van der Waals surface area contributed by atoms with Gasteiger partial charge in [0.1, 0.15) is 5.75 Å². The maximum absolute atomic E-state index is 12.4. The lowest BCUT2D eigenvalue weighted by Crippen LogP contribution is -2.48. The Morgan fingerprint density at radius 2 is 1.48 bits per heavy atom. The molecular formula is C19H24N2O5S. The van der Waals surface area contributed by atoms with E-state index in [1.165, 1.54) is 17.0 Å². The van der Waals surface area contributed by atoms with E-state index in [1.54, 1.807) is 57.2 Å². The van der Waals surface area contributed by atoms with Crippen LogP contribution in [0.1, 0.15) is 20.8 Å². The molecule has 8 heteroatoms. The van der Waals surface area contributed by atoms with Crippen molar-refractivity contribution in [3.8, 4) is 16.9 Å². The van der Waals surface area contributed by atoms with Crippen LogP contribution in [0.3, 0.4) is 0 Å². The third-order valence-corrected chi connectivity index (χ3v) is 5.51. The van der Waals surface area contributed by atoms with Gasteiger partial charge in [0.25, 0.3) is 0 Å². The topological polar surface area (TPSA) is 107 Å². The molecule has 3 N–H and O–H groups in total. The molecule has 0 fully saturated rings. The van der Waals surface area contributed by atoms with Crippen LogP contribution in [-0.2, 0) is 10.0 Å². The van der Waals surface area contributed by atoms with E-state index in [9.17, 15) is 23.4 Å². The number of phenolic OH excluding ortho intramolecular Hbond substituents is 1. The van der Waals surface area contributed by atoms with Gasteiger partial charge in [-0.25, -0.2) is 17.9 Å². The van der Waals surface area contributed by atoms with E-state index in [1.807, 2.05) is 0 Å². The van der Waals surface area contributed by atoms with Gasteiger partial charge in [0, 0.05) is 18.6 Å². The van der Waals surface area contributed by atoms with E-state index in [-0.39, 0.29) is 23.7 Å². The maximum atomic E-state index is 12.4. The second kappa shape index (κ2) is 7.98. The summed E-state index contributed by atoms with van der Waals surface area (Å²) in [5, 5.41) is 18.6. The van der Waals surface area contributed by atoms with Gasteiger partial charge >= 0.3 is 6.09 Å². The molecule has 27 heavy (non-hydrogen) atoms. The predicted octanol–water partition coefficient (Wildman–Crippen LogP) is 3.12. The van der Waals surface area contributed by atoms with Gasteiger partial charge in [-0.2, -0.15) is 0 Å². The summed E-state index contributed by atoms with van der Waals surface area (Å²) in [6, 6.07) is 12.9. The summed E-state index contributed by atoms with van der Waals surface area (Å²) in [6.07, 6.45) is -1.10. The Morgan fingerprint density at radius 1 is 1.00 bits per heavy atom. The summed E-state index contributed by atoms with van der Waals surface area (Å²) in [4.78, 5) is 12.6. The van der Waals surface area contributed by atoms with Crippen LogP contribution in [0.25, 0.3) is 11.1 Å². The number of amides is 1. The van der Waals surface area contributed by atoms with Gasteiger partial charge in [0.05, 0.1) is 4.90 Å². The van der Waals surface area contributed by atoms with Crippen molar-refractivity contribution in [2.24, 2.45) is 0 Å². The molecule has 0 radical (unpaired) electrons. The lowest BCUT2D eigenvalue weighted by molar-refractivity contribution is 0.102. The third-order valence-electron chi connectivity index (χ3n) is 4.03. The van der Waals surface area contributed by atoms with Crippen LogP contribution in [0.5, 0.6) is 5.75 Å². The van der Waals surface area contributed by atoms with Crippen molar-refractivity contribution in [3.05, 3.63) is 48.5 Å². The quantitative estimate of drug-likeness (QED) is 0.700. The Labute approximate surface area is 159 Å². The number of sulfonamides is 1. The minimum Gasteiger partial charge on any atom is -0.508 e. The van der Waals surface area contributed by atoms with Crippen LogP contribution in [-0.4, -0.2) is 48.3 Å². The minimum atomic E-state index is -3.74. The molecule has 0 unspecified atom stereocenters. The van der Waals surface area contributed by atoms with Crippen molar-refractivity contribution in [3.63, 3.8) is 0 Å². The number of nitrogens with one attached hydrogen (secondary N) is 1. The van der Waals surface area contributed by atoms with Crippen LogP contribution < -0.4 is 4.72 Å². The fourth-order valence-corrected chi connectivity index (χ4v) is 3.59. The van der Waals surface area contributed by atoms with E-state index < -0.39 is 21.7 Å². The molecule has 0 saturated carbocycles. The number of benzene rings is 2. The van der Waals surface area contributed by atoms with Crippen molar-refractivity contribution in [1.29, 1.82) is 0 Å². The largest absolute Gasteiger partial charge is 0.508 e. The van der Waals surface area contributed by atoms with E-state index in [0.29, 0.717) is 0 Å². The number of rotatable bonds is 6. The molecule has 0 aliphatic rings. The Kier molecular flexibility index (Phi) is 6.12. The molecule has 2 aromatic rings. The molecule has 0 aromatic heterocycles. The smallest absolute Gasteiger partial charge is 0.407 e. The Morgan fingerprint density at radius 3 is 1.93 bits per heavy atom. The van der Waals surface area contributed by atoms with Crippen LogP contribution in [0.4, 0.5) is 4.79 Å². The fourth-order valence-electron chi connectivity index (χ4n) is 2.57. The molecule has 0 heterocycles. The van der Waals surface area contributed by atoms with Gasteiger partial charge in [-0.1, -0.05) is 24.3 Å². The summed E-state index contributed by atoms with van der Waals surface area (Å²) in [5.74, 6) is 0.160. The summed E-state index contributed by atoms with van der Waals surface area (Å²) in [7, 11) is -3.74. The highest BCUT2D eigenvalue weighted by molar-refractivity contribution is 7.89. The molecule has 2 rings (SSSR count). The molecule has 7 nitrogen and oxygen atoms in total. The highest BCUT2D eigenvalue weighted by Crippen LogP contribution is 2.23. The van der Waals surface area contributed by atoms with Gasteiger partial charge in [0.15, 0.2) is 0 Å². The first-order valence-electron chi connectivity index (χ1n) is 8.40. The average molecular weight is 392 g/mol. The van der Waals surface area contributed by atoms with Crippen molar-refractivity contribution in [2.45, 2.75) is 31.2 Å². The molecule has 2 aromatic carbocycles. The Balaban J connectivity index is 2.06. The fraction of sp³-hybridized carbons (Fsp3) is 0.316. The average Bonchev–Trinajstić information content (AvgIpc) is 2.58. The van der Waals surface area contributed by atoms with Gasteiger partial charge < -0.3 is 15.1 Å². The molecular weight excluding hydrogens is 368 g/mol. The summed E-state index contributed by atoms with van der Waals surface area (Å²) >= 11 is 0. The van der Waals surface area contributed by atoms with Gasteiger partial charge in [-0.05, 0) is 56.2 Å². The van der Waals surface area contributed by atoms with Crippen molar-refractivity contribution < 1.29 is 23.4 Å². The minimum absolute atomic E-state index is 0.0222. The first-order valence-corrected chi connectivity index (χ1v) is 9.89. The Hall–Kier alpha value is -2.58. The standard InChI is InChI=1S/C19H24N2O5S/c1-19(2,3)21(18(23)24)13-12-20-27(25,26)17-10-6-15(7-11-17)14-4-8-16(22)9-5-14/h4-11,20,22H,12-13H2,1-3H3,(H,23,24). The lowest BCUT2D eigenvalue weighted by Gasteiger charge is -2.33. The summed E-state index contributed by atoms with van der Waals surface area (Å²) in [5.41, 5.74) is 1.05. The molecule has 0 bridgehead atoms. The lowest BCUT2D eigenvalue weighted by atomic mass is 10.1. The van der Waals surface area contributed by atoms with Crippen LogP contribution >= 0.6 is 0 Å².